The van der Waals surface area contributed by atoms with Gasteiger partial charge in [0.15, 0.2) is 0 Å². The van der Waals surface area contributed by atoms with E-state index in [1.165, 1.54) is 0 Å². The number of carbonyl (C=O) groups is 2. The predicted octanol–water partition coefficient (Wildman–Crippen LogP) is 1.27. The van der Waals surface area contributed by atoms with Crippen molar-refractivity contribution in [3.05, 3.63) is 0 Å². The van der Waals surface area contributed by atoms with Gasteiger partial charge in [-0.25, -0.2) is 0 Å². The number of nitrogens with zero attached hydrogens (tertiary/aromatic N) is 1. The van der Waals surface area contributed by atoms with Gasteiger partial charge in [-0.15, -0.1) is 0 Å². The van der Waals surface area contributed by atoms with E-state index in [0.717, 1.165) is 12.8 Å². The molecule has 1 unspecified atom stereocenters. The fraction of sp³-hybridized carbons (Fsp3) is 0.846. The van der Waals surface area contributed by atoms with E-state index in [-0.39, 0.29) is 18.4 Å². The second kappa shape index (κ2) is 5.26. The molecule has 2 rings (SSSR count). The molecule has 1 heterocycles. The number of carbonyl (C=O) groups excluding carboxylic acids is 1. The molecule has 0 bridgehead atoms. The Morgan fingerprint density at radius 1 is 1.39 bits per heavy atom. The number of carboxylic acids is 1. The fourth-order valence-electron chi connectivity index (χ4n) is 3.01. The molecule has 2 aliphatic rings. The number of carboxylic acid groups (broad SMARTS) is 1. The van der Waals surface area contributed by atoms with Crippen LogP contribution in [-0.2, 0) is 14.3 Å². The van der Waals surface area contributed by atoms with Crippen LogP contribution in [0.15, 0.2) is 0 Å². The number of hydrogen-bond acceptors (Lipinski definition) is 3. The van der Waals surface area contributed by atoms with Crippen LogP contribution >= 0.6 is 0 Å². The Hall–Kier alpha value is -1.10. The van der Waals surface area contributed by atoms with Gasteiger partial charge in [0.25, 0.3) is 0 Å². The van der Waals surface area contributed by atoms with Gasteiger partial charge < -0.3 is 14.7 Å². The lowest BCUT2D eigenvalue weighted by Gasteiger charge is -2.35. The van der Waals surface area contributed by atoms with E-state index in [2.05, 4.69) is 0 Å². The molecule has 1 saturated heterocycles. The normalized spacial score (nSPS) is 27.2. The number of ether oxygens (including phenoxy) is 1. The van der Waals surface area contributed by atoms with E-state index in [1.807, 2.05) is 6.92 Å². The molecule has 1 saturated carbocycles. The Morgan fingerprint density at radius 3 is 2.61 bits per heavy atom. The predicted molar refractivity (Wildman–Crippen MR) is 65.1 cm³/mol. The summed E-state index contributed by atoms with van der Waals surface area (Å²) in [5.41, 5.74) is -0.810. The second-order valence-electron chi connectivity index (χ2n) is 5.48. The zero-order valence-electron chi connectivity index (χ0n) is 10.9. The maximum Gasteiger partial charge on any atom is 0.310 e. The molecule has 1 aliphatic heterocycles. The van der Waals surface area contributed by atoms with Crippen LogP contribution in [-0.4, -0.2) is 47.7 Å². The molecule has 0 aromatic heterocycles. The van der Waals surface area contributed by atoms with E-state index in [9.17, 15) is 14.7 Å². The van der Waals surface area contributed by atoms with Crippen LogP contribution in [0.2, 0.25) is 0 Å². The van der Waals surface area contributed by atoms with Gasteiger partial charge in [-0.05, 0) is 19.8 Å². The highest BCUT2D eigenvalue weighted by Gasteiger charge is 2.44. The second-order valence-corrected chi connectivity index (χ2v) is 5.48. The van der Waals surface area contributed by atoms with Crippen molar-refractivity contribution in [2.75, 3.05) is 19.8 Å². The standard InChI is InChI=1S/C13H21NO4/c1-10-9-18-7-6-14(10)11(15)8-13(12(16)17)4-2-3-5-13/h10H,2-9H2,1H3,(H,16,17). The highest BCUT2D eigenvalue weighted by atomic mass is 16.5. The fourth-order valence-corrected chi connectivity index (χ4v) is 3.01. The van der Waals surface area contributed by atoms with Crippen LogP contribution < -0.4 is 0 Å². The van der Waals surface area contributed by atoms with E-state index >= 15 is 0 Å². The summed E-state index contributed by atoms with van der Waals surface area (Å²) >= 11 is 0. The summed E-state index contributed by atoms with van der Waals surface area (Å²) in [5.74, 6) is -0.843. The first-order chi connectivity index (χ1) is 8.55. The maximum absolute atomic E-state index is 12.3. The van der Waals surface area contributed by atoms with Crippen molar-refractivity contribution in [3.63, 3.8) is 0 Å². The summed E-state index contributed by atoms with van der Waals surface area (Å²) in [6.45, 7) is 3.62. The highest BCUT2D eigenvalue weighted by molar-refractivity contribution is 5.85. The van der Waals surface area contributed by atoms with E-state index in [0.29, 0.717) is 32.6 Å². The maximum atomic E-state index is 12.3. The van der Waals surface area contributed by atoms with Gasteiger partial charge in [0, 0.05) is 13.0 Å². The molecule has 1 aliphatic carbocycles. The number of aliphatic carboxylic acids is 1. The number of hydrogen-bond donors (Lipinski definition) is 1. The SMILES string of the molecule is CC1COCCN1C(=O)CC1(C(=O)O)CCCC1. The first-order valence-corrected chi connectivity index (χ1v) is 6.66. The van der Waals surface area contributed by atoms with Crippen molar-refractivity contribution in [2.24, 2.45) is 5.41 Å². The Balaban J connectivity index is 2.03. The Morgan fingerprint density at radius 2 is 2.06 bits per heavy atom. The molecule has 2 fully saturated rings. The lowest BCUT2D eigenvalue weighted by Crippen LogP contribution is -2.49. The third-order valence-electron chi connectivity index (χ3n) is 4.19. The molecule has 0 aromatic rings. The minimum absolute atomic E-state index is 0.0323. The topological polar surface area (TPSA) is 66.8 Å². The molecule has 1 amide bonds. The third-order valence-corrected chi connectivity index (χ3v) is 4.19. The van der Waals surface area contributed by atoms with Crippen LogP contribution in [0.3, 0.4) is 0 Å². The Bertz CT molecular complexity index is 336. The van der Waals surface area contributed by atoms with Gasteiger partial charge in [-0.3, -0.25) is 9.59 Å². The van der Waals surface area contributed by atoms with Crippen LogP contribution in [0.25, 0.3) is 0 Å². The van der Waals surface area contributed by atoms with Gasteiger partial charge in [0.1, 0.15) is 0 Å². The zero-order chi connectivity index (χ0) is 13.2. The minimum atomic E-state index is -0.811. The molecule has 0 radical (unpaired) electrons. The molecule has 0 aromatic carbocycles. The molecule has 102 valence electrons. The van der Waals surface area contributed by atoms with E-state index < -0.39 is 11.4 Å². The summed E-state index contributed by atoms with van der Waals surface area (Å²) < 4.78 is 5.29. The first kappa shape index (κ1) is 13.3. The summed E-state index contributed by atoms with van der Waals surface area (Å²) in [6, 6.07) is 0.0542. The molecular formula is C13H21NO4. The largest absolute Gasteiger partial charge is 0.481 e. The number of morpholine rings is 1. The molecule has 1 atom stereocenters. The van der Waals surface area contributed by atoms with Crippen molar-refractivity contribution >= 4 is 11.9 Å². The molecule has 0 spiro atoms. The lowest BCUT2D eigenvalue weighted by atomic mass is 9.82. The molecule has 5 heteroatoms. The Labute approximate surface area is 107 Å². The zero-order valence-corrected chi connectivity index (χ0v) is 10.9. The lowest BCUT2D eigenvalue weighted by molar-refractivity contribution is -0.155. The molecule has 18 heavy (non-hydrogen) atoms. The van der Waals surface area contributed by atoms with Crippen molar-refractivity contribution in [3.8, 4) is 0 Å². The van der Waals surface area contributed by atoms with Crippen LogP contribution in [0, 0.1) is 5.41 Å². The van der Waals surface area contributed by atoms with Crippen LogP contribution in [0.5, 0.6) is 0 Å². The van der Waals surface area contributed by atoms with Gasteiger partial charge in [0.05, 0.1) is 24.7 Å². The average molecular weight is 255 g/mol. The van der Waals surface area contributed by atoms with Gasteiger partial charge >= 0.3 is 5.97 Å². The van der Waals surface area contributed by atoms with Gasteiger partial charge in [0.2, 0.25) is 5.91 Å². The van der Waals surface area contributed by atoms with Crippen LogP contribution in [0.1, 0.15) is 39.0 Å². The summed E-state index contributed by atoms with van der Waals surface area (Å²) in [7, 11) is 0. The smallest absolute Gasteiger partial charge is 0.310 e. The van der Waals surface area contributed by atoms with Crippen molar-refractivity contribution in [2.45, 2.75) is 45.1 Å². The summed E-state index contributed by atoms with van der Waals surface area (Å²) in [5, 5.41) is 9.38. The van der Waals surface area contributed by atoms with Crippen molar-refractivity contribution < 1.29 is 19.4 Å². The van der Waals surface area contributed by atoms with Crippen molar-refractivity contribution in [1.82, 2.24) is 4.90 Å². The summed E-state index contributed by atoms with van der Waals surface area (Å²) in [4.78, 5) is 25.5. The quantitative estimate of drug-likeness (QED) is 0.824. The van der Waals surface area contributed by atoms with E-state index in [4.69, 9.17) is 4.74 Å². The van der Waals surface area contributed by atoms with Crippen molar-refractivity contribution in [1.29, 1.82) is 0 Å². The minimum Gasteiger partial charge on any atom is -0.481 e. The number of amides is 1. The summed E-state index contributed by atoms with van der Waals surface area (Å²) in [6.07, 6.45) is 3.24. The third kappa shape index (κ3) is 2.51. The Kier molecular flexibility index (Phi) is 3.90. The van der Waals surface area contributed by atoms with Gasteiger partial charge in [-0.2, -0.15) is 0 Å². The molecule has 1 N–H and O–H groups in total. The molecular weight excluding hydrogens is 234 g/mol. The highest BCUT2D eigenvalue weighted by Crippen LogP contribution is 2.41. The number of rotatable bonds is 3. The molecule has 5 nitrogen and oxygen atoms in total. The monoisotopic (exact) mass is 255 g/mol. The van der Waals surface area contributed by atoms with E-state index in [1.54, 1.807) is 4.90 Å². The first-order valence-electron chi connectivity index (χ1n) is 6.66. The average Bonchev–Trinajstić information content (AvgIpc) is 2.79. The van der Waals surface area contributed by atoms with Crippen LogP contribution in [0.4, 0.5) is 0 Å². The van der Waals surface area contributed by atoms with Gasteiger partial charge in [-0.1, -0.05) is 12.8 Å².